The summed E-state index contributed by atoms with van der Waals surface area (Å²) in [6.45, 7) is 5.86. The number of carbonyl (C=O) groups excluding carboxylic acids is 2. The first-order valence-corrected chi connectivity index (χ1v) is 6.81. The van der Waals surface area contributed by atoms with E-state index in [2.05, 4.69) is 5.32 Å². The summed E-state index contributed by atoms with van der Waals surface area (Å²) >= 11 is 0. The van der Waals surface area contributed by atoms with Crippen molar-refractivity contribution in [2.24, 2.45) is 5.41 Å². The molecule has 4 nitrogen and oxygen atoms in total. The summed E-state index contributed by atoms with van der Waals surface area (Å²) in [6, 6.07) is 7.87. The molecule has 2 amide bonds. The van der Waals surface area contributed by atoms with E-state index in [1.54, 1.807) is 7.11 Å². The van der Waals surface area contributed by atoms with Gasteiger partial charge in [-0.1, -0.05) is 36.8 Å². The van der Waals surface area contributed by atoms with E-state index >= 15 is 0 Å². The Morgan fingerprint density at radius 3 is 2.45 bits per heavy atom. The van der Waals surface area contributed by atoms with Crippen LogP contribution in [0.5, 0.6) is 0 Å². The predicted molar refractivity (Wildman–Crippen MR) is 76.3 cm³/mol. The number of aryl methyl sites for hydroxylation is 1. The van der Waals surface area contributed by atoms with Gasteiger partial charge in [0.15, 0.2) is 0 Å². The third kappa shape index (κ3) is 2.48. The summed E-state index contributed by atoms with van der Waals surface area (Å²) in [4.78, 5) is 24.1. The second kappa shape index (κ2) is 5.37. The van der Waals surface area contributed by atoms with Crippen molar-refractivity contribution in [3.8, 4) is 0 Å². The molecule has 1 saturated heterocycles. The van der Waals surface area contributed by atoms with Crippen LogP contribution >= 0.6 is 0 Å². The highest BCUT2D eigenvalue weighted by Crippen LogP contribution is 2.45. The number of nitrogens with one attached hydrogen (secondary N) is 1. The molecule has 1 heterocycles. The number of carbonyl (C=O) groups is 2. The Bertz CT molecular complexity index is 523. The molecule has 1 N–H and O–H groups in total. The van der Waals surface area contributed by atoms with E-state index in [4.69, 9.17) is 4.74 Å². The second-order valence-electron chi connectivity index (χ2n) is 5.82. The van der Waals surface area contributed by atoms with E-state index in [-0.39, 0.29) is 30.3 Å². The minimum absolute atomic E-state index is 0.191. The number of amides is 2. The van der Waals surface area contributed by atoms with Crippen molar-refractivity contribution in [1.29, 1.82) is 0 Å². The van der Waals surface area contributed by atoms with Gasteiger partial charge in [-0.15, -0.1) is 0 Å². The van der Waals surface area contributed by atoms with Crippen molar-refractivity contribution in [2.45, 2.75) is 39.2 Å². The van der Waals surface area contributed by atoms with E-state index in [9.17, 15) is 9.59 Å². The van der Waals surface area contributed by atoms with Gasteiger partial charge in [0.05, 0.1) is 12.0 Å². The molecule has 1 aromatic rings. The smallest absolute Gasteiger partial charge is 0.234 e. The van der Waals surface area contributed by atoms with Gasteiger partial charge in [0.25, 0.3) is 0 Å². The fourth-order valence-corrected chi connectivity index (χ4v) is 2.94. The number of ether oxygens (including phenoxy) is 1. The number of hydrogen-bond donors (Lipinski definition) is 1. The SMILES string of the molecule is COC(C)C1(C)CC(=O)NC(=O)C1c1ccc(C)cc1. The number of rotatable bonds is 3. The zero-order valence-corrected chi connectivity index (χ0v) is 12.4. The zero-order valence-electron chi connectivity index (χ0n) is 12.4. The normalized spacial score (nSPS) is 28.1. The summed E-state index contributed by atoms with van der Waals surface area (Å²) in [6.07, 6.45) is 0.0931. The third-order valence-electron chi connectivity index (χ3n) is 4.42. The Morgan fingerprint density at radius 1 is 1.30 bits per heavy atom. The number of benzene rings is 1. The van der Waals surface area contributed by atoms with Gasteiger partial charge in [0.2, 0.25) is 11.8 Å². The van der Waals surface area contributed by atoms with Gasteiger partial charge in [0, 0.05) is 18.9 Å². The molecule has 3 atom stereocenters. The molecule has 0 spiro atoms. The maximum atomic E-state index is 12.3. The first kappa shape index (κ1) is 14.7. The average Bonchev–Trinajstić information content (AvgIpc) is 2.39. The quantitative estimate of drug-likeness (QED) is 0.860. The molecule has 20 heavy (non-hydrogen) atoms. The van der Waals surface area contributed by atoms with Crippen molar-refractivity contribution >= 4 is 11.8 Å². The van der Waals surface area contributed by atoms with Crippen LogP contribution in [0.15, 0.2) is 24.3 Å². The lowest BCUT2D eigenvalue weighted by Crippen LogP contribution is -2.53. The van der Waals surface area contributed by atoms with Crippen LogP contribution in [0.25, 0.3) is 0 Å². The molecule has 0 radical (unpaired) electrons. The third-order valence-corrected chi connectivity index (χ3v) is 4.42. The lowest BCUT2D eigenvalue weighted by atomic mass is 9.65. The molecule has 2 rings (SSSR count). The first-order valence-electron chi connectivity index (χ1n) is 6.81. The first-order chi connectivity index (χ1) is 9.38. The number of imide groups is 1. The molecule has 1 aliphatic rings. The molecule has 0 aromatic heterocycles. The van der Waals surface area contributed by atoms with Crippen LogP contribution < -0.4 is 5.32 Å². The average molecular weight is 275 g/mol. The molecular formula is C16H21NO3. The largest absolute Gasteiger partial charge is 0.381 e. The van der Waals surface area contributed by atoms with Crippen LogP contribution in [-0.2, 0) is 14.3 Å². The summed E-state index contributed by atoms with van der Waals surface area (Å²) in [5, 5.41) is 2.44. The molecule has 1 aliphatic heterocycles. The fourth-order valence-electron chi connectivity index (χ4n) is 2.94. The number of piperidine rings is 1. The Labute approximate surface area is 119 Å². The topological polar surface area (TPSA) is 55.4 Å². The van der Waals surface area contributed by atoms with E-state index in [0.29, 0.717) is 0 Å². The van der Waals surface area contributed by atoms with Gasteiger partial charge < -0.3 is 4.74 Å². The minimum Gasteiger partial charge on any atom is -0.381 e. The Morgan fingerprint density at radius 2 is 1.90 bits per heavy atom. The van der Waals surface area contributed by atoms with Gasteiger partial charge in [-0.25, -0.2) is 0 Å². The lowest BCUT2D eigenvalue weighted by molar-refractivity contribution is -0.144. The summed E-state index contributed by atoms with van der Waals surface area (Å²) < 4.78 is 5.43. The van der Waals surface area contributed by atoms with Crippen LogP contribution in [-0.4, -0.2) is 25.0 Å². The van der Waals surface area contributed by atoms with Crippen LogP contribution in [0.1, 0.15) is 37.3 Å². The minimum atomic E-state index is -0.538. The van der Waals surface area contributed by atoms with E-state index in [0.717, 1.165) is 11.1 Å². The molecule has 0 saturated carbocycles. The molecule has 3 unspecified atom stereocenters. The molecule has 0 aliphatic carbocycles. The zero-order chi connectivity index (χ0) is 14.9. The van der Waals surface area contributed by atoms with E-state index in [1.807, 2.05) is 45.0 Å². The van der Waals surface area contributed by atoms with Crippen molar-refractivity contribution in [3.63, 3.8) is 0 Å². The van der Waals surface area contributed by atoms with E-state index in [1.165, 1.54) is 0 Å². The van der Waals surface area contributed by atoms with Crippen molar-refractivity contribution in [3.05, 3.63) is 35.4 Å². The summed E-state index contributed by atoms with van der Waals surface area (Å²) in [7, 11) is 1.61. The molecule has 4 heteroatoms. The van der Waals surface area contributed by atoms with Crippen LogP contribution in [0, 0.1) is 12.3 Å². The Hall–Kier alpha value is -1.68. The van der Waals surface area contributed by atoms with Crippen molar-refractivity contribution in [2.75, 3.05) is 7.11 Å². The van der Waals surface area contributed by atoms with E-state index < -0.39 is 5.41 Å². The maximum absolute atomic E-state index is 12.3. The second-order valence-corrected chi connectivity index (χ2v) is 5.82. The van der Waals surface area contributed by atoms with Crippen molar-refractivity contribution in [1.82, 2.24) is 5.32 Å². The Kier molecular flexibility index (Phi) is 3.95. The molecule has 1 fully saturated rings. The van der Waals surface area contributed by atoms with Crippen LogP contribution in [0.3, 0.4) is 0 Å². The number of hydrogen-bond acceptors (Lipinski definition) is 3. The highest BCUT2D eigenvalue weighted by molar-refractivity contribution is 6.02. The van der Waals surface area contributed by atoms with Gasteiger partial charge in [-0.2, -0.15) is 0 Å². The highest BCUT2D eigenvalue weighted by atomic mass is 16.5. The van der Waals surface area contributed by atoms with Gasteiger partial charge in [-0.3, -0.25) is 14.9 Å². The molecule has 108 valence electrons. The molecular weight excluding hydrogens is 254 g/mol. The maximum Gasteiger partial charge on any atom is 0.234 e. The van der Waals surface area contributed by atoms with Crippen LogP contribution in [0.2, 0.25) is 0 Å². The van der Waals surface area contributed by atoms with Crippen molar-refractivity contribution < 1.29 is 14.3 Å². The van der Waals surface area contributed by atoms with Gasteiger partial charge >= 0.3 is 0 Å². The molecule has 1 aromatic carbocycles. The highest BCUT2D eigenvalue weighted by Gasteiger charge is 2.49. The predicted octanol–water partition coefficient (Wildman–Crippen LogP) is 2.17. The summed E-state index contributed by atoms with van der Waals surface area (Å²) in [5.74, 6) is -0.850. The van der Waals surface area contributed by atoms with Gasteiger partial charge in [-0.05, 0) is 19.4 Å². The summed E-state index contributed by atoms with van der Waals surface area (Å²) in [5.41, 5.74) is 1.53. The standard InChI is InChI=1S/C16H21NO3/c1-10-5-7-12(8-6-10)14-15(19)17-13(18)9-16(14,3)11(2)20-4/h5-8,11,14H,9H2,1-4H3,(H,17,18,19). The molecule has 0 bridgehead atoms. The number of methoxy groups -OCH3 is 1. The van der Waals surface area contributed by atoms with Crippen LogP contribution in [0.4, 0.5) is 0 Å². The van der Waals surface area contributed by atoms with Gasteiger partial charge in [0.1, 0.15) is 0 Å². The monoisotopic (exact) mass is 275 g/mol. The lowest BCUT2D eigenvalue weighted by Gasteiger charge is -2.43. The fraction of sp³-hybridized carbons (Fsp3) is 0.500. The Balaban J connectivity index is 2.47.